The van der Waals surface area contributed by atoms with E-state index in [0.717, 1.165) is 13.1 Å². The third-order valence-electron chi connectivity index (χ3n) is 4.08. The molecule has 0 radical (unpaired) electrons. The summed E-state index contributed by atoms with van der Waals surface area (Å²) in [5, 5.41) is 0. The predicted octanol–water partition coefficient (Wildman–Crippen LogP) is 2.27. The first kappa shape index (κ1) is 12.1. The topological polar surface area (TPSA) is 19.4 Å². The van der Waals surface area contributed by atoms with E-state index in [0.29, 0.717) is 0 Å². The molecule has 2 fully saturated rings. The van der Waals surface area contributed by atoms with Gasteiger partial charge in [-0.2, -0.15) is 0 Å². The van der Waals surface area contributed by atoms with E-state index in [2.05, 4.69) is 33.1 Å². The Balaban J connectivity index is 1.54. The smallest absolute Gasteiger partial charge is 0.0544 e. The van der Waals surface area contributed by atoms with Gasteiger partial charge in [0.05, 0.1) is 5.69 Å². The van der Waals surface area contributed by atoms with Crippen LogP contribution in [0, 0.1) is 0 Å². The normalized spacial score (nSPS) is 21.8. The Morgan fingerprint density at radius 1 is 0.833 bits per heavy atom. The first-order chi connectivity index (χ1) is 8.90. The van der Waals surface area contributed by atoms with Crippen molar-refractivity contribution in [2.75, 3.05) is 26.2 Å². The monoisotopic (exact) mass is 245 g/mol. The van der Waals surface area contributed by atoms with Crippen LogP contribution < -0.4 is 0 Å². The second-order valence-electron chi connectivity index (χ2n) is 5.62. The largest absolute Gasteiger partial charge is 0.299 e. The van der Waals surface area contributed by atoms with E-state index in [-0.39, 0.29) is 0 Å². The summed E-state index contributed by atoms with van der Waals surface area (Å²) in [7, 11) is 0. The Morgan fingerprint density at radius 3 is 2.00 bits per heavy atom. The van der Waals surface area contributed by atoms with Crippen LogP contribution in [0.2, 0.25) is 0 Å². The van der Waals surface area contributed by atoms with Crippen LogP contribution >= 0.6 is 0 Å². The van der Waals surface area contributed by atoms with Crippen molar-refractivity contribution in [3.05, 3.63) is 29.6 Å². The van der Waals surface area contributed by atoms with Crippen LogP contribution in [-0.4, -0.2) is 41.0 Å². The molecule has 1 aromatic rings. The highest BCUT2D eigenvalue weighted by atomic mass is 15.1. The molecule has 0 unspecified atom stereocenters. The van der Waals surface area contributed by atoms with Crippen LogP contribution in [0.25, 0.3) is 0 Å². The van der Waals surface area contributed by atoms with E-state index in [4.69, 9.17) is 0 Å². The van der Waals surface area contributed by atoms with Crippen LogP contribution in [0.15, 0.2) is 18.3 Å². The van der Waals surface area contributed by atoms with Gasteiger partial charge in [0.15, 0.2) is 0 Å². The highest BCUT2D eigenvalue weighted by molar-refractivity contribution is 5.14. The van der Waals surface area contributed by atoms with E-state index in [9.17, 15) is 0 Å². The number of likely N-dealkylation sites (tertiary alicyclic amines) is 2. The minimum atomic E-state index is 1.03. The number of nitrogens with zero attached hydrogens (tertiary/aromatic N) is 3. The van der Waals surface area contributed by atoms with Crippen LogP contribution in [0.4, 0.5) is 0 Å². The predicted molar refractivity (Wildman–Crippen MR) is 73.3 cm³/mol. The zero-order chi connectivity index (χ0) is 12.2. The molecule has 0 amide bonds. The Labute approximate surface area is 110 Å². The summed E-state index contributed by atoms with van der Waals surface area (Å²) in [6, 6.07) is 4.47. The minimum absolute atomic E-state index is 1.03. The van der Waals surface area contributed by atoms with Gasteiger partial charge >= 0.3 is 0 Å². The maximum absolute atomic E-state index is 4.62. The van der Waals surface area contributed by atoms with E-state index in [1.165, 1.54) is 63.1 Å². The van der Waals surface area contributed by atoms with Gasteiger partial charge in [-0.1, -0.05) is 6.07 Å². The van der Waals surface area contributed by atoms with Gasteiger partial charge in [0.2, 0.25) is 0 Å². The molecule has 3 nitrogen and oxygen atoms in total. The Hall–Kier alpha value is -0.930. The zero-order valence-electron chi connectivity index (χ0n) is 11.1. The highest BCUT2D eigenvalue weighted by Gasteiger charge is 2.13. The highest BCUT2D eigenvalue weighted by Crippen LogP contribution is 2.14. The second-order valence-corrected chi connectivity index (χ2v) is 5.62. The first-order valence-electron chi connectivity index (χ1n) is 7.29. The molecule has 3 heteroatoms. The summed E-state index contributed by atoms with van der Waals surface area (Å²) in [4.78, 5) is 9.64. The third kappa shape index (κ3) is 3.09. The van der Waals surface area contributed by atoms with Crippen molar-refractivity contribution in [2.24, 2.45) is 0 Å². The standard InChI is InChI=1S/C15H23N3/c1-2-8-17(7-1)12-14-5-6-15(16-11-14)13-18-9-3-4-10-18/h5-6,11H,1-4,7-10,12-13H2. The molecule has 0 saturated carbocycles. The molecule has 0 aliphatic carbocycles. The van der Waals surface area contributed by atoms with Gasteiger partial charge in [-0.3, -0.25) is 14.8 Å². The molecular weight excluding hydrogens is 222 g/mol. The van der Waals surface area contributed by atoms with Gasteiger partial charge in [0.1, 0.15) is 0 Å². The maximum atomic E-state index is 4.62. The molecule has 0 N–H and O–H groups in total. The first-order valence-corrected chi connectivity index (χ1v) is 7.29. The zero-order valence-corrected chi connectivity index (χ0v) is 11.1. The number of rotatable bonds is 4. The van der Waals surface area contributed by atoms with Gasteiger partial charge < -0.3 is 0 Å². The van der Waals surface area contributed by atoms with Crippen molar-refractivity contribution in [2.45, 2.75) is 38.8 Å². The summed E-state index contributed by atoms with van der Waals surface area (Å²) in [6.07, 6.45) is 7.50. The lowest BCUT2D eigenvalue weighted by Crippen LogP contribution is -2.20. The van der Waals surface area contributed by atoms with Gasteiger partial charge in [0.25, 0.3) is 0 Å². The van der Waals surface area contributed by atoms with Crippen LogP contribution in [0.3, 0.4) is 0 Å². The summed E-state index contributed by atoms with van der Waals surface area (Å²) < 4.78 is 0. The average Bonchev–Trinajstić information content (AvgIpc) is 3.05. The molecule has 2 saturated heterocycles. The van der Waals surface area contributed by atoms with Gasteiger partial charge in [-0.25, -0.2) is 0 Å². The van der Waals surface area contributed by atoms with Crippen molar-refractivity contribution in [3.63, 3.8) is 0 Å². The number of hydrogen-bond donors (Lipinski definition) is 0. The Bertz CT molecular complexity index is 325. The summed E-state index contributed by atoms with van der Waals surface area (Å²) in [6.45, 7) is 7.13. The fourth-order valence-corrected chi connectivity index (χ4v) is 3.01. The minimum Gasteiger partial charge on any atom is -0.299 e. The molecule has 18 heavy (non-hydrogen) atoms. The molecule has 2 aliphatic rings. The molecule has 3 heterocycles. The molecule has 2 aliphatic heterocycles. The van der Waals surface area contributed by atoms with Gasteiger partial charge in [-0.15, -0.1) is 0 Å². The summed E-state index contributed by atoms with van der Waals surface area (Å²) in [5.74, 6) is 0. The van der Waals surface area contributed by atoms with Crippen molar-refractivity contribution >= 4 is 0 Å². The lowest BCUT2D eigenvalue weighted by Gasteiger charge is -2.16. The van der Waals surface area contributed by atoms with Gasteiger partial charge in [-0.05, 0) is 63.5 Å². The van der Waals surface area contributed by atoms with Gasteiger partial charge in [0, 0.05) is 19.3 Å². The lowest BCUT2D eigenvalue weighted by atomic mass is 10.2. The molecule has 0 aromatic carbocycles. The molecule has 98 valence electrons. The fourth-order valence-electron chi connectivity index (χ4n) is 3.01. The molecule has 3 rings (SSSR count). The van der Waals surface area contributed by atoms with E-state index in [1.54, 1.807) is 0 Å². The summed E-state index contributed by atoms with van der Waals surface area (Å²) in [5.41, 5.74) is 2.59. The lowest BCUT2D eigenvalue weighted by molar-refractivity contribution is 0.324. The average molecular weight is 245 g/mol. The quantitative estimate of drug-likeness (QED) is 0.811. The third-order valence-corrected chi connectivity index (χ3v) is 4.08. The molecule has 0 bridgehead atoms. The summed E-state index contributed by atoms with van der Waals surface area (Å²) >= 11 is 0. The Morgan fingerprint density at radius 2 is 1.44 bits per heavy atom. The molecule has 0 spiro atoms. The fraction of sp³-hybridized carbons (Fsp3) is 0.667. The molecule has 0 atom stereocenters. The SMILES string of the molecule is c1cc(CN2CCCC2)ncc1CN1CCCC1. The number of aromatic nitrogens is 1. The maximum Gasteiger partial charge on any atom is 0.0544 e. The van der Waals surface area contributed by atoms with E-state index in [1.807, 2.05) is 0 Å². The van der Waals surface area contributed by atoms with Crippen molar-refractivity contribution in [1.29, 1.82) is 0 Å². The Kier molecular flexibility index (Phi) is 3.91. The molecule has 1 aromatic heterocycles. The van der Waals surface area contributed by atoms with Crippen LogP contribution in [-0.2, 0) is 13.1 Å². The van der Waals surface area contributed by atoms with Crippen molar-refractivity contribution in [1.82, 2.24) is 14.8 Å². The van der Waals surface area contributed by atoms with Crippen LogP contribution in [0.5, 0.6) is 0 Å². The number of hydrogen-bond acceptors (Lipinski definition) is 3. The van der Waals surface area contributed by atoms with Crippen molar-refractivity contribution in [3.8, 4) is 0 Å². The number of pyridine rings is 1. The van der Waals surface area contributed by atoms with E-state index >= 15 is 0 Å². The second kappa shape index (κ2) is 5.81. The molecular formula is C15H23N3. The van der Waals surface area contributed by atoms with Crippen molar-refractivity contribution < 1.29 is 0 Å². The van der Waals surface area contributed by atoms with E-state index < -0.39 is 0 Å². The van der Waals surface area contributed by atoms with Crippen LogP contribution in [0.1, 0.15) is 36.9 Å².